The zero-order valence-electron chi connectivity index (χ0n) is 16.7. The molecule has 0 spiro atoms. The van der Waals surface area contributed by atoms with E-state index < -0.39 is 6.04 Å². The van der Waals surface area contributed by atoms with Crippen molar-refractivity contribution < 1.29 is 9.59 Å². The minimum atomic E-state index is -0.469. The predicted molar refractivity (Wildman–Crippen MR) is 109 cm³/mol. The van der Waals surface area contributed by atoms with Crippen molar-refractivity contribution in [1.29, 1.82) is 0 Å². The maximum atomic E-state index is 13.1. The van der Waals surface area contributed by atoms with Gasteiger partial charge in [-0.1, -0.05) is 36.8 Å². The smallest absolute Gasteiger partial charge is 0.245 e. The largest absolute Gasteiger partial charge is 0.344 e. The number of nitrogens with zero attached hydrogens (tertiary/aromatic N) is 1. The van der Waals surface area contributed by atoms with Gasteiger partial charge in [-0.3, -0.25) is 9.59 Å². The molecule has 2 saturated carbocycles. The first-order valence-corrected chi connectivity index (χ1v) is 11.0. The number of carbonyl (C=O) groups excluding carboxylic acids is 2. The van der Waals surface area contributed by atoms with Crippen molar-refractivity contribution in [3.8, 4) is 0 Å². The molecule has 5 nitrogen and oxygen atoms in total. The van der Waals surface area contributed by atoms with Gasteiger partial charge < -0.3 is 16.0 Å². The van der Waals surface area contributed by atoms with Crippen LogP contribution in [0.3, 0.4) is 0 Å². The van der Waals surface area contributed by atoms with Crippen LogP contribution in [0.2, 0.25) is 0 Å². The van der Waals surface area contributed by atoms with Gasteiger partial charge in [0.15, 0.2) is 0 Å². The average molecular weight is 384 g/mol. The number of hydrogen-bond acceptors (Lipinski definition) is 3. The maximum absolute atomic E-state index is 13.1. The molecule has 3 unspecified atom stereocenters. The van der Waals surface area contributed by atoms with E-state index in [0.717, 1.165) is 57.2 Å². The maximum Gasteiger partial charge on any atom is 0.245 e. The van der Waals surface area contributed by atoms with E-state index in [2.05, 4.69) is 5.32 Å². The van der Waals surface area contributed by atoms with E-state index >= 15 is 0 Å². The second-order valence-corrected chi connectivity index (χ2v) is 8.98. The summed E-state index contributed by atoms with van der Waals surface area (Å²) < 4.78 is 0. The molecule has 28 heavy (non-hydrogen) atoms. The molecule has 3 N–H and O–H groups in total. The Kier molecular flexibility index (Phi) is 6.00. The van der Waals surface area contributed by atoms with Crippen LogP contribution in [0.15, 0.2) is 30.3 Å². The fourth-order valence-corrected chi connectivity index (χ4v) is 5.50. The third-order valence-corrected chi connectivity index (χ3v) is 7.10. The Bertz CT molecular complexity index is 672. The van der Waals surface area contributed by atoms with E-state index in [9.17, 15) is 9.59 Å². The summed E-state index contributed by atoms with van der Waals surface area (Å²) >= 11 is 0. The summed E-state index contributed by atoms with van der Waals surface area (Å²) in [5.74, 6) is 1.05. The van der Waals surface area contributed by atoms with Crippen LogP contribution < -0.4 is 11.1 Å². The molecule has 1 aromatic rings. The third-order valence-electron chi connectivity index (χ3n) is 7.10. The fourth-order valence-electron chi connectivity index (χ4n) is 5.50. The van der Waals surface area contributed by atoms with Gasteiger partial charge in [-0.25, -0.2) is 0 Å². The van der Waals surface area contributed by atoms with Crippen molar-refractivity contribution in [2.24, 2.45) is 23.5 Å². The summed E-state index contributed by atoms with van der Waals surface area (Å²) in [4.78, 5) is 28.2. The number of likely N-dealkylation sites (tertiary alicyclic amines) is 1. The molecule has 3 aliphatic rings. The summed E-state index contributed by atoms with van der Waals surface area (Å²) in [7, 11) is 0. The SMILES string of the molecule is NC1C2CCCC1CC(C(=O)NC(Cc1ccccc1)C(=O)N1CCCC1)C2. The Morgan fingerprint density at radius 3 is 2.32 bits per heavy atom. The molecule has 3 atom stereocenters. The highest BCUT2D eigenvalue weighted by atomic mass is 16.2. The Hall–Kier alpha value is -1.88. The monoisotopic (exact) mass is 383 g/mol. The van der Waals surface area contributed by atoms with Gasteiger partial charge in [0.25, 0.3) is 0 Å². The second kappa shape index (κ2) is 8.64. The van der Waals surface area contributed by atoms with E-state index in [-0.39, 0.29) is 23.8 Å². The molecule has 1 heterocycles. The Labute approximate surface area is 168 Å². The molecule has 3 fully saturated rings. The highest BCUT2D eigenvalue weighted by molar-refractivity contribution is 5.89. The van der Waals surface area contributed by atoms with E-state index in [4.69, 9.17) is 5.73 Å². The van der Waals surface area contributed by atoms with Gasteiger partial charge in [0.1, 0.15) is 6.04 Å². The lowest BCUT2D eigenvalue weighted by Crippen LogP contribution is -2.53. The lowest BCUT2D eigenvalue weighted by molar-refractivity contribution is -0.137. The van der Waals surface area contributed by atoms with Gasteiger partial charge in [0.2, 0.25) is 11.8 Å². The van der Waals surface area contributed by atoms with E-state index in [1.165, 1.54) is 6.42 Å². The summed E-state index contributed by atoms with van der Waals surface area (Å²) in [6.07, 6.45) is 7.94. The van der Waals surface area contributed by atoms with Crippen molar-refractivity contribution in [2.75, 3.05) is 13.1 Å². The fraction of sp³-hybridized carbons (Fsp3) is 0.652. The van der Waals surface area contributed by atoms with Gasteiger partial charge in [0, 0.05) is 31.5 Å². The first kappa shape index (κ1) is 19.4. The first-order chi connectivity index (χ1) is 13.6. The molecule has 1 saturated heterocycles. The number of carbonyl (C=O) groups is 2. The van der Waals surface area contributed by atoms with Gasteiger partial charge in [-0.05, 0) is 55.9 Å². The van der Waals surface area contributed by atoms with Crippen molar-refractivity contribution >= 4 is 11.8 Å². The molecule has 1 aliphatic heterocycles. The third kappa shape index (κ3) is 4.24. The van der Waals surface area contributed by atoms with Gasteiger partial charge in [-0.2, -0.15) is 0 Å². The second-order valence-electron chi connectivity index (χ2n) is 8.98. The standard InChI is InChI=1S/C23H33N3O2/c24-21-17-9-6-10-18(21)15-19(14-17)22(27)25-20(13-16-7-2-1-3-8-16)23(28)26-11-4-5-12-26/h1-3,7-8,17-21H,4-6,9-15,24H2,(H,25,27). The van der Waals surface area contributed by atoms with Gasteiger partial charge in [-0.15, -0.1) is 0 Å². The summed E-state index contributed by atoms with van der Waals surface area (Å²) in [6, 6.07) is 9.79. The van der Waals surface area contributed by atoms with Crippen LogP contribution in [-0.4, -0.2) is 41.9 Å². The van der Waals surface area contributed by atoms with Crippen molar-refractivity contribution in [2.45, 2.75) is 63.5 Å². The molecule has 0 aromatic heterocycles. The lowest BCUT2D eigenvalue weighted by Gasteiger charge is -2.43. The van der Waals surface area contributed by atoms with E-state index in [1.54, 1.807) is 0 Å². The molecular formula is C23H33N3O2. The normalized spacial score (nSPS) is 30.7. The lowest BCUT2D eigenvalue weighted by atomic mass is 9.65. The number of fused-ring (bicyclic) bond motifs is 2. The molecule has 0 radical (unpaired) electrons. The molecule has 4 rings (SSSR count). The average Bonchev–Trinajstić information content (AvgIpc) is 3.22. The van der Waals surface area contributed by atoms with Crippen LogP contribution in [0.25, 0.3) is 0 Å². The van der Waals surface area contributed by atoms with Crippen LogP contribution in [0.4, 0.5) is 0 Å². The van der Waals surface area contributed by atoms with Crippen molar-refractivity contribution in [1.82, 2.24) is 10.2 Å². The number of nitrogens with two attached hydrogens (primary N) is 1. The van der Waals surface area contributed by atoms with Crippen LogP contribution in [0.1, 0.15) is 50.5 Å². The molecule has 152 valence electrons. The Balaban J connectivity index is 1.45. The first-order valence-electron chi connectivity index (χ1n) is 11.0. The minimum absolute atomic E-state index is 0.000230. The van der Waals surface area contributed by atoms with E-state index in [0.29, 0.717) is 18.3 Å². The number of rotatable bonds is 5. The van der Waals surface area contributed by atoms with Crippen LogP contribution in [0.5, 0.6) is 0 Å². The number of benzene rings is 1. The molecule has 2 aliphatic carbocycles. The quantitative estimate of drug-likeness (QED) is 0.820. The topological polar surface area (TPSA) is 75.4 Å². The number of nitrogens with one attached hydrogen (secondary N) is 1. The van der Waals surface area contributed by atoms with Crippen molar-refractivity contribution in [3.63, 3.8) is 0 Å². The highest BCUT2D eigenvalue weighted by Crippen LogP contribution is 2.41. The van der Waals surface area contributed by atoms with Crippen LogP contribution in [-0.2, 0) is 16.0 Å². The van der Waals surface area contributed by atoms with Crippen LogP contribution >= 0.6 is 0 Å². The predicted octanol–water partition coefficient (Wildman–Crippen LogP) is 2.49. The molecule has 1 aromatic carbocycles. The zero-order valence-corrected chi connectivity index (χ0v) is 16.7. The highest BCUT2D eigenvalue weighted by Gasteiger charge is 2.41. The summed E-state index contributed by atoms with van der Waals surface area (Å²) in [6.45, 7) is 1.62. The molecule has 5 heteroatoms. The molecular weight excluding hydrogens is 350 g/mol. The summed E-state index contributed by atoms with van der Waals surface area (Å²) in [5, 5.41) is 3.15. The Morgan fingerprint density at radius 1 is 1.04 bits per heavy atom. The Morgan fingerprint density at radius 2 is 1.68 bits per heavy atom. The van der Waals surface area contributed by atoms with Crippen molar-refractivity contribution in [3.05, 3.63) is 35.9 Å². The van der Waals surface area contributed by atoms with Crippen LogP contribution in [0, 0.1) is 17.8 Å². The van der Waals surface area contributed by atoms with Gasteiger partial charge >= 0.3 is 0 Å². The number of hydrogen-bond donors (Lipinski definition) is 2. The number of amides is 2. The summed E-state index contributed by atoms with van der Waals surface area (Å²) in [5.41, 5.74) is 7.47. The zero-order chi connectivity index (χ0) is 19.5. The minimum Gasteiger partial charge on any atom is -0.344 e. The van der Waals surface area contributed by atoms with E-state index in [1.807, 2.05) is 35.2 Å². The molecule has 2 amide bonds. The van der Waals surface area contributed by atoms with Gasteiger partial charge in [0.05, 0.1) is 0 Å². The molecule has 2 bridgehead atoms.